The number of unbranched alkanes of at least 4 members (excludes halogenated alkanes) is 6. The number of rotatable bonds is 12. The fourth-order valence-electron chi connectivity index (χ4n) is 2.47. The van der Waals surface area contributed by atoms with Gasteiger partial charge >= 0.3 is 0 Å². The van der Waals surface area contributed by atoms with E-state index in [2.05, 4.69) is 22.4 Å². The first-order valence-electron chi connectivity index (χ1n) is 8.49. The summed E-state index contributed by atoms with van der Waals surface area (Å²) in [6, 6.07) is 0. The number of carbonyl (C=O) groups excluding carboxylic acids is 1. The maximum absolute atomic E-state index is 11.7. The molecule has 0 bridgehead atoms. The molecule has 0 aromatic carbocycles. The first-order chi connectivity index (χ1) is 10.2. The molecule has 0 spiro atoms. The molecule has 0 radical (unpaired) electrons. The van der Waals surface area contributed by atoms with E-state index in [4.69, 9.17) is 0 Å². The van der Waals surface area contributed by atoms with Crippen LogP contribution < -0.4 is 5.32 Å². The van der Waals surface area contributed by atoms with Gasteiger partial charge in [-0.3, -0.25) is 9.89 Å². The summed E-state index contributed by atoms with van der Waals surface area (Å²) in [6.45, 7) is 5.03. The molecule has 1 aromatic heterocycles. The second-order valence-electron chi connectivity index (χ2n) is 5.85. The number of hydrogen-bond donors (Lipinski definition) is 2. The molecule has 0 aliphatic carbocycles. The number of aromatic amines is 1. The van der Waals surface area contributed by atoms with E-state index in [-0.39, 0.29) is 5.91 Å². The zero-order chi connectivity index (χ0) is 15.3. The smallest absolute Gasteiger partial charge is 0.219 e. The molecule has 1 rings (SSSR count). The zero-order valence-corrected chi connectivity index (χ0v) is 13.7. The van der Waals surface area contributed by atoms with Crippen LogP contribution in [0, 0.1) is 6.92 Å². The molecular formula is C17H31N3O. The van der Waals surface area contributed by atoms with Crippen molar-refractivity contribution in [3.05, 3.63) is 17.5 Å². The Bertz CT molecular complexity index is 387. The predicted octanol–water partition coefficient (Wildman–Crippen LogP) is 3.91. The minimum absolute atomic E-state index is 0.201. The van der Waals surface area contributed by atoms with E-state index in [0.29, 0.717) is 6.42 Å². The predicted molar refractivity (Wildman–Crippen MR) is 87.3 cm³/mol. The number of amides is 1. The van der Waals surface area contributed by atoms with Crippen molar-refractivity contribution in [1.82, 2.24) is 15.5 Å². The standard InChI is InChI=1S/C17H31N3O/c1-3-4-5-6-7-8-9-12-17(21)18-13-10-11-16-14-19-20-15(16)2/h14H,3-13H2,1-2H3,(H,18,21)(H,19,20). The van der Waals surface area contributed by atoms with Gasteiger partial charge in [0.05, 0.1) is 6.20 Å². The minimum atomic E-state index is 0.201. The summed E-state index contributed by atoms with van der Waals surface area (Å²) in [5.74, 6) is 0.201. The fourth-order valence-corrected chi connectivity index (χ4v) is 2.47. The maximum Gasteiger partial charge on any atom is 0.219 e. The van der Waals surface area contributed by atoms with E-state index in [9.17, 15) is 4.79 Å². The third-order valence-electron chi connectivity index (χ3n) is 3.89. The molecule has 120 valence electrons. The van der Waals surface area contributed by atoms with Gasteiger partial charge in [0.2, 0.25) is 5.91 Å². The van der Waals surface area contributed by atoms with E-state index < -0.39 is 0 Å². The van der Waals surface area contributed by atoms with Crippen molar-refractivity contribution in [2.75, 3.05) is 6.54 Å². The minimum Gasteiger partial charge on any atom is -0.356 e. The molecule has 21 heavy (non-hydrogen) atoms. The SMILES string of the molecule is CCCCCCCCCC(=O)NCCCc1cn[nH]c1C. The number of hydrogen-bond acceptors (Lipinski definition) is 2. The highest BCUT2D eigenvalue weighted by molar-refractivity contribution is 5.75. The number of nitrogens with zero attached hydrogens (tertiary/aromatic N) is 1. The number of carbonyl (C=O) groups is 1. The summed E-state index contributed by atoms with van der Waals surface area (Å²) < 4.78 is 0. The van der Waals surface area contributed by atoms with E-state index in [1.165, 1.54) is 44.1 Å². The van der Waals surface area contributed by atoms with E-state index >= 15 is 0 Å². The van der Waals surface area contributed by atoms with Gasteiger partial charge in [-0.15, -0.1) is 0 Å². The van der Waals surface area contributed by atoms with Gasteiger partial charge < -0.3 is 5.32 Å². The largest absolute Gasteiger partial charge is 0.356 e. The molecule has 2 N–H and O–H groups in total. The third-order valence-corrected chi connectivity index (χ3v) is 3.89. The Morgan fingerprint density at radius 1 is 1.14 bits per heavy atom. The van der Waals surface area contributed by atoms with Gasteiger partial charge in [0, 0.05) is 18.7 Å². The summed E-state index contributed by atoms with van der Waals surface area (Å²) in [4.78, 5) is 11.7. The Morgan fingerprint density at radius 2 is 1.86 bits per heavy atom. The summed E-state index contributed by atoms with van der Waals surface area (Å²) in [6.07, 6.45) is 13.3. The van der Waals surface area contributed by atoms with Gasteiger partial charge in [-0.1, -0.05) is 45.4 Å². The highest BCUT2D eigenvalue weighted by Gasteiger charge is 2.02. The van der Waals surface area contributed by atoms with Crippen LogP contribution in [0.3, 0.4) is 0 Å². The second-order valence-corrected chi connectivity index (χ2v) is 5.85. The van der Waals surface area contributed by atoms with Crippen molar-refractivity contribution >= 4 is 5.91 Å². The van der Waals surface area contributed by atoms with Gasteiger partial charge in [0.15, 0.2) is 0 Å². The van der Waals surface area contributed by atoms with Crippen LogP contribution >= 0.6 is 0 Å². The molecule has 1 amide bonds. The first kappa shape index (κ1) is 17.7. The Labute approximate surface area is 129 Å². The molecule has 1 aromatic rings. The van der Waals surface area contributed by atoms with Gasteiger partial charge in [0.25, 0.3) is 0 Å². The fraction of sp³-hybridized carbons (Fsp3) is 0.765. The van der Waals surface area contributed by atoms with Crippen LogP contribution in [0.5, 0.6) is 0 Å². The summed E-state index contributed by atoms with van der Waals surface area (Å²) in [5.41, 5.74) is 2.38. The Morgan fingerprint density at radius 3 is 2.52 bits per heavy atom. The number of aryl methyl sites for hydroxylation is 2. The molecule has 0 atom stereocenters. The van der Waals surface area contributed by atoms with Crippen molar-refractivity contribution in [3.63, 3.8) is 0 Å². The lowest BCUT2D eigenvalue weighted by molar-refractivity contribution is -0.121. The molecule has 0 fully saturated rings. The van der Waals surface area contributed by atoms with Gasteiger partial charge in [-0.05, 0) is 31.7 Å². The molecule has 4 nitrogen and oxygen atoms in total. The van der Waals surface area contributed by atoms with Crippen LogP contribution in [0.2, 0.25) is 0 Å². The average Bonchev–Trinajstić information content (AvgIpc) is 2.88. The van der Waals surface area contributed by atoms with Crippen molar-refractivity contribution in [3.8, 4) is 0 Å². The number of H-pyrrole nitrogens is 1. The van der Waals surface area contributed by atoms with Gasteiger partial charge in [0.1, 0.15) is 0 Å². The highest BCUT2D eigenvalue weighted by Crippen LogP contribution is 2.08. The maximum atomic E-state index is 11.7. The summed E-state index contributed by atoms with van der Waals surface area (Å²) in [7, 11) is 0. The quantitative estimate of drug-likeness (QED) is 0.574. The molecule has 0 saturated heterocycles. The lowest BCUT2D eigenvalue weighted by Crippen LogP contribution is -2.24. The van der Waals surface area contributed by atoms with Crippen molar-refractivity contribution in [2.45, 2.75) is 78.1 Å². The Balaban J connectivity index is 1.91. The van der Waals surface area contributed by atoms with Crippen LogP contribution in [0.25, 0.3) is 0 Å². The monoisotopic (exact) mass is 293 g/mol. The van der Waals surface area contributed by atoms with Crippen molar-refractivity contribution < 1.29 is 4.79 Å². The van der Waals surface area contributed by atoms with Crippen LogP contribution in [-0.4, -0.2) is 22.6 Å². The lowest BCUT2D eigenvalue weighted by atomic mass is 10.1. The van der Waals surface area contributed by atoms with E-state index in [1.807, 2.05) is 13.1 Å². The van der Waals surface area contributed by atoms with Crippen LogP contribution in [0.4, 0.5) is 0 Å². The van der Waals surface area contributed by atoms with E-state index in [1.54, 1.807) is 0 Å². The highest BCUT2D eigenvalue weighted by atomic mass is 16.1. The normalized spacial score (nSPS) is 10.8. The summed E-state index contributed by atoms with van der Waals surface area (Å²) in [5, 5.41) is 9.94. The zero-order valence-electron chi connectivity index (χ0n) is 13.7. The third kappa shape index (κ3) is 8.53. The molecule has 4 heteroatoms. The Kier molecular flexibility index (Phi) is 9.58. The second kappa shape index (κ2) is 11.4. The molecule has 0 aliphatic heterocycles. The number of nitrogens with one attached hydrogen (secondary N) is 2. The summed E-state index contributed by atoms with van der Waals surface area (Å²) >= 11 is 0. The van der Waals surface area contributed by atoms with Crippen LogP contribution in [0.15, 0.2) is 6.20 Å². The molecule has 0 aliphatic rings. The topological polar surface area (TPSA) is 57.8 Å². The molecule has 0 saturated carbocycles. The number of aromatic nitrogens is 2. The van der Waals surface area contributed by atoms with Crippen molar-refractivity contribution in [2.24, 2.45) is 0 Å². The first-order valence-corrected chi connectivity index (χ1v) is 8.49. The lowest BCUT2D eigenvalue weighted by Gasteiger charge is -2.05. The molecule has 0 unspecified atom stereocenters. The molecule has 1 heterocycles. The van der Waals surface area contributed by atoms with E-state index in [0.717, 1.165) is 31.5 Å². The Hall–Kier alpha value is -1.32. The van der Waals surface area contributed by atoms with Crippen LogP contribution in [-0.2, 0) is 11.2 Å². The van der Waals surface area contributed by atoms with Crippen LogP contribution in [0.1, 0.15) is 76.0 Å². The average molecular weight is 293 g/mol. The van der Waals surface area contributed by atoms with Gasteiger partial charge in [-0.25, -0.2) is 0 Å². The van der Waals surface area contributed by atoms with Crippen molar-refractivity contribution in [1.29, 1.82) is 0 Å². The van der Waals surface area contributed by atoms with Gasteiger partial charge in [-0.2, -0.15) is 5.10 Å². The molecular weight excluding hydrogens is 262 g/mol.